The average Bonchev–Trinajstić information content (AvgIpc) is 2.74. The Kier molecular flexibility index (Phi) is 6.53. The summed E-state index contributed by atoms with van der Waals surface area (Å²) in [7, 11) is 4.66. The lowest BCUT2D eigenvalue weighted by atomic mass is 10.1. The van der Waals surface area contributed by atoms with Crippen LogP contribution < -0.4 is 10.5 Å². The molecule has 8 nitrogen and oxygen atoms in total. The van der Waals surface area contributed by atoms with Crippen LogP contribution in [-0.4, -0.2) is 68.9 Å². The Hall–Kier alpha value is -2.87. The van der Waals surface area contributed by atoms with E-state index in [1.54, 1.807) is 12.3 Å². The third kappa shape index (κ3) is 4.59. The lowest BCUT2D eigenvalue weighted by Crippen LogP contribution is -2.44. The zero-order chi connectivity index (χ0) is 21.0. The molecule has 2 aromatic rings. The third-order valence-corrected chi connectivity index (χ3v) is 5.44. The highest BCUT2D eigenvalue weighted by atomic mass is 16.5. The minimum Gasteiger partial charge on any atom is -0.469 e. The quantitative estimate of drug-likeness (QED) is 0.677. The lowest BCUT2D eigenvalue weighted by molar-refractivity contribution is -0.146. The summed E-state index contributed by atoms with van der Waals surface area (Å²) >= 11 is 0. The average molecular weight is 401 g/mol. The van der Waals surface area contributed by atoms with E-state index in [-0.39, 0.29) is 18.4 Å². The van der Waals surface area contributed by atoms with E-state index in [1.165, 1.54) is 18.8 Å². The normalized spacial score (nSPS) is 15.9. The van der Waals surface area contributed by atoms with Gasteiger partial charge in [-0.15, -0.1) is 0 Å². The molecule has 1 aliphatic heterocycles. The van der Waals surface area contributed by atoms with Crippen molar-refractivity contribution in [3.8, 4) is 0 Å². The number of aromatic nitrogens is 1. The van der Waals surface area contributed by atoms with Gasteiger partial charge in [-0.25, -0.2) is 4.79 Å². The number of nitrogens with zero attached hydrogens (tertiary/aromatic N) is 3. The molecule has 1 aromatic carbocycles. The number of pyridine rings is 1. The molecule has 8 heteroatoms. The number of esters is 2. The number of methoxy groups -OCH3 is 2. The molecule has 2 heterocycles. The smallest absolute Gasteiger partial charge is 0.328 e. The number of hydrogen-bond donors (Lipinski definition) is 0. The van der Waals surface area contributed by atoms with E-state index in [0.717, 1.165) is 37.3 Å². The Balaban J connectivity index is 1.91. The Bertz CT molecular complexity index is 947. The second kappa shape index (κ2) is 9.09. The zero-order valence-corrected chi connectivity index (χ0v) is 17.1. The van der Waals surface area contributed by atoms with E-state index in [4.69, 9.17) is 4.74 Å². The van der Waals surface area contributed by atoms with Crippen LogP contribution in [0.5, 0.6) is 0 Å². The van der Waals surface area contributed by atoms with Gasteiger partial charge in [0.25, 0.3) is 5.56 Å². The number of hydrogen-bond acceptors (Lipinski definition) is 7. The van der Waals surface area contributed by atoms with Crippen LogP contribution in [0.2, 0.25) is 0 Å². The topological polar surface area (TPSA) is 81.1 Å². The largest absolute Gasteiger partial charge is 0.469 e. The van der Waals surface area contributed by atoms with Crippen molar-refractivity contribution in [1.82, 2.24) is 9.47 Å². The maximum absolute atomic E-state index is 13.1. The first-order chi connectivity index (χ1) is 13.9. The van der Waals surface area contributed by atoms with Crippen LogP contribution in [0.25, 0.3) is 10.8 Å². The highest BCUT2D eigenvalue weighted by Crippen LogP contribution is 2.23. The summed E-state index contributed by atoms with van der Waals surface area (Å²) in [6.45, 7) is 3.88. The van der Waals surface area contributed by atoms with Crippen LogP contribution in [0.3, 0.4) is 0 Å². The second-order valence-electron chi connectivity index (χ2n) is 7.24. The minimum absolute atomic E-state index is 0.0170. The molecule has 1 atom stereocenters. The zero-order valence-electron chi connectivity index (χ0n) is 17.1. The van der Waals surface area contributed by atoms with Crippen LogP contribution in [0.15, 0.2) is 35.3 Å². The van der Waals surface area contributed by atoms with E-state index in [2.05, 4.69) is 21.6 Å². The van der Waals surface area contributed by atoms with Gasteiger partial charge in [-0.3, -0.25) is 9.59 Å². The molecule has 0 aliphatic carbocycles. The van der Waals surface area contributed by atoms with Crippen molar-refractivity contribution in [2.75, 3.05) is 52.3 Å². The van der Waals surface area contributed by atoms with Crippen LogP contribution in [0.4, 0.5) is 5.69 Å². The third-order valence-electron chi connectivity index (χ3n) is 5.44. The van der Waals surface area contributed by atoms with Crippen molar-refractivity contribution in [3.05, 3.63) is 40.8 Å². The molecular weight excluding hydrogens is 374 g/mol. The minimum atomic E-state index is -0.881. The highest BCUT2D eigenvalue weighted by molar-refractivity contribution is 5.85. The molecule has 0 spiro atoms. The lowest BCUT2D eigenvalue weighted by Gasteiger charge is -2.34. The molecular formula is C21H27N3O5. The van der Waals surface area contributed by atoms with Crippen molar-refractivity contribution in [2.45, 2.75) is 18.9 Å². The molecule has 3 rings (SSSR count). The van der Waals surface area contributed by atoms with Gasteiger partial charge in [-0.1, -0.05) is 0 Å². The number of piperazine rings is 1. The first-order valence-corrected chi connectivity index (χ1v) is 9.67. The molecule has 0 saturated carbocycles. The van der Waals surface area contributed by atoms with Gasteiger partial charge in [0.1, 0.15) is 6.04 Å². The van der Waals surface area contributed by atoms with Crippen molar-refractivity contribution >= 4 is 28.4 Å². The van der Waals surface area contributed by atoms with Crippen molar-refractivity contribution in [2.24, 2.45) is 0 Å². The molecule has 0 radical (unpaired) electrons. The summed E-state index contributed by atoms with van der Waals surface area (Å²) in [5, 5.41) is 1.34. The molecule has 0 bridgehead atoms. The van der Waals surface area contributed by atoms with Gasteiger partial charge in [0.05, 0.1) is 14.2 Å². The molecule has 156 valence electrons. The maximum Gasteiger partial charge on any atom is 0.328 e. The summed E-state index contributed by atoms with van der Waals surface area (Å²) in [6, 6.07) is 6.70. The first-order valence-electron chi connectivity index (χ1n) is 9.67. The predicted octanol–water partition coefficient (Wildman–Crippen LogP) is 1.42. The van der Waals surface area contributed by atoms with E-state index in [0.29, 0.717) is 5.39 Å². The molecule has 1 fully saturated rings. The fourth-order valence-corrected chi connectivity index (χ4v) is 3.62. The number of carbonyl (C=O) groups is 2. The molecule has 0 amide bonds. The summed E-state index contributed by atoms with van der Waals surface area (Å²) in [6.07, 6.45) is 1.74. The Morgan fingerprint density at radius 3 is 2.45 bits per heavy atom. The summed E-state index contributed by atoms with van der Waals surface area (Å²) in [4.78, 5) is 41.4. The predicted molar refractivity (Wildman–Crippen MR) is 110 cm³/mol. The summed E-state index contributed by atoms with van der Waals surface area (Å²) < 4.78 is 10.8. The molecule has 1 aliphatic rings. The molecule has 1 saturated heterocycles. The van der Waals surface area contributed by atoms with E-state index in [1.807, 2.05) is 18.2 Å². The van der Waals surface area contributed by atoms with Gasteiger partial charge in [-0.05, 0) is 43.1 Å². The van der Waals surface area contributed by atoms with Gasteiger partial charge in [0.15, 0.2) is 0 Å². The van der Waals surface area contributed by atoms with E-state index in [9.17, 15) is 14.4 Å². The van der Waals surface area contributed by atoms with Crippen molar-refractivity contribution in [1.29, 1.82) is 0 Å². The number of benzene rings is 1. The second-order valence-corrected chi connectivity index (χ2v) is 7.24. The Morgan fingerprint density at radius 1 is 1.07 bits per heavy atom. The molecule has 1 unspecified atom stereocenters. The standard InChI is InChI=1S/C21H27N3O5/c1-22-10-12-23(13-11-22)16-4-5-17-15(14-16)8-9-24(20(17)26)18(21(27)29-3)6-7-19(25)28-2/h4-5,8-9,14,18H,6-7,10-13H2,1-3H3. The number of ether oxygens (including phenoxy) is 2. The molecule has 0 N–H and O–H groups in total. The number of carbonyl (C=O) groups excluding carboxylic acids is 2. The van der Waals surface area contributed by atoms with Crippen LogP contribution >= 0.6 is 0 Å². The maximum atomic E-state index is 13.1. The van der Waals surface area contributed by atoms with Gasteiger partial charge in [0, 0.05) is 49.9 Å². The fraction of sp³-hybridized carbons (Fsp3) is 0.476. The summed E-state index contributed by atoms with van der Waals surface area (Å²) in [5.41, 5.74) is 0.797. The van der Waals surface area contributed by atoms with Crippen molar-refractivity contribution in [3.63, 3.8) is 0 Å². The summed E-state index contributed by atoms with van der Waals surface area (Å²) in [5.74, 6) is -1.01. The van der Waals surface area contributed by atoms with Crippen LogP contribution in [0, 0.1) is 0 Å². The number of fused-ring (bicyclic) bond motifs is 1. The van der Waals surface area contributed by atoms with E-state index < -0.39 is 18.0 Å². The number of rotatable bonds is 6. The van der Waals surface area contributed by atoms with Crippen molar-refractivity contribution < 1.29 is 19.1 Å². The van der Waals surface area contributed by atoms with Gasteiger partial charge in [0.2, 0.25) is 0 Å². The first kappa shape index (κ1) is 20.9. The monoisotopic (exact) mass is 401 g/mol. The number of likely N-dealkylation sites (N-methyl/N-ethyl adjacent to an activating group) is 1. The SMILES string of the molecule is COC(=O)CCC(C(=O)OC)n1ccc2cc(N3CCN(C)CC3)ccc2c1=O. The molecule has 29 heavy (non-hydrogen) atoms. The molecule has 1 aromatic heterocycles. The number of anilines is 1. The highest BCUT2D eigenvalue weighted by Gasteiger charge is 2.24. The van der Waals surface area contributed by atoms with Gasteiger partial charge < -0.3 is 23.8 Å². The van der Waals surface area contributed by atoms with Gasteiger partial charge in [-0.2, -0.15) is 0 Å². The van der Waals surface area contributed by atoms with Gasteiger partial charge >= 0.3 is 11.9 Å². The van der Waals surface area contributed by atoms with Crippen LogP contribution in [0.1, 0.15) is 18.9 Å². The van der Waals surface area contributed by atoms with Crippen LogP contribution in [-0.2, 0) is 19.1 Å². The van der Waals surface area contributed by atoms with E-state index >= 15 is 0 Å². The Labute approximate surface area is 169 Å². The fourth-order valence-electron chi connectivity index (χ4n) is 3.62. The Morgan fingerprint density at radius 2 is 1.79 bits per heavy atom.